The summed E-state index contributed by atoms with van der Waals surface area (Å²) in [5, 5.41) is 0. The normalized spacial score (nSPS) is 17.2. The molecule has 0 saturated carbocycles. The van der Waals surface area contributed by atoms with Crippen molar-refractivity contribution in [2.75, 3.05) is 50.3 Å². The van der Waals surface area contributed by atoms with Gasteiger partial charge in [-0.15, -0.1) is 0 Å². The summed E-state index contributed by atoms with van der Waals surface area (Å²) in [6.07, 6.45) is 0.572. The molecule has 25 heavy (non-hydrogen) atoms. The van der Waals surface area contributed by atoms with Gasteiger partial charge in [0.2, 0.25) is 10.0 Å². The Morgan fingerprint density at radius 1 is 1.20 bits per heavy atom. The Bertz CT molecular complexity index is 682. The standard InChI is InChI=1S/C17H27N3O4S/c1-5-19-10-12-20(13-11-19)17(21)14(2)24-16-8-6-15(7-9-16)18(3)25(4,22)23/h6-9,14H,5,10-13H2,1-4H3/t14-/m0/s1. The third-order valence-electron chi connectivity index (χ3n) is 4.49. The van der Waals surface area contributed by atoms with E-state index in [2.05, 4.69) is 11.8 Å². The van der Waals surface area contributed by atoms with Crippen LogP contribution < -0.4 is 9.04 Å². The molecule has 7 nitrogen and oxygen atoms in total. The topological polar surface area (TPSA) is 70.2 Å². The first-order valence-electron chi connectivity index (χ1n) is 8.44. The summed E-state index contributed by atoms with van der Waals surface area (Å²) in [4.78, 5) is 16.6. The average molecular weight is 369 g/mol. The summed E-state index contributed by atoms with van der Waals surface area (Å²) >= 11 is 0. The zero-order valence-corrected chi connectivity index (χ0v) is 16.1. The van der Waals surface area contributed by atoms with Crippen molar-refractivity contribution in [3.05, 3.63) is 24.3 Å². The largest absolute Gasteiger partial charge is 0.481 e. The van der Waals surface area contributed by atoms with Crippen molar-refractivity contribution < 1.29 is 17.9 Å². The molecule has 1 aliphatic heterocycles. The Morgan fingerprint density at radius 2 is 1.76 bits per heavy atom. The lowest BCUT2D eigenvalue weighted by Crippen LogP contribution is -2.51. The summed E-state index contributed by atoms with van der Waals surface area (Å²) in [5.74, 6) is 0.520. The van der Waals surface area contributed by atoms with Crippen molar-refractivity contribution in [3.8, 4) is 5.75 Å². The van der Waals surface area contributed by atoms with Gasteiger partial charge in [-0.25, -0.2) is 8.42 Å². The number of likely N-dealkylation sites (N-methyl/N-ethyl adjacent to an activating group) is 1. The molecule has 1 saturated heterocycles. The fourth-order valence-corrected chi connectivity index (χ4v) is 3.23. The molecule has 0 bridgehead atoms. The Hall–Kier alpha value is -1.80. The van der Waals surface area contributed by atoms with Crippen LogP contribution in [0.2, 0.25) is 0 Å². The third-order valence-corrected chi connectivity index (χ3v) is 5.70. The molecular weight excluding hydrogens is 342 g/mol. The van der Waals surface area contributed by atoms with Gasteiger partial charge < -0.3 is 14.5 Å². The molecule has 1 heterocycles. The molecule has 140 valence electrons. The number of hydrogen-bond donors (Lipinski definition) is 0. The monoisotopic (exact) mass is 369 g/mol. The lowest BCUT2D eigenvalue weighted by Gasteiger charge is -2.35. The van der Waals surface area contributed by atoms with Crippen molar-refractivity contribution in [2.45, 2.75) is 20.0 Å². The Kier molecular flexibility index (Phi) is 6.29. The van der Waals surface area contributed by atoms with Crippen LogP contribution in [-0.2, 0) is 14.8 Å². The second kappa shape index (κ2) is 8.05. The maximum absolute atomic E-state index is 12.5. The first-order chi connectivity index (χ1) is 11.7. The number of sulfonamides is 1. The molecule has 1 fully saturated rings. The second-order valence-electron chi connectivity index (χ2n) is 6.24. The number of ether oxygens (including phenoxy) is 1. The van der Waals surface area contributed by atoms with Crippen molar-refractivity contribution >= 4 is 21.6 Å². The molecule has 8 heteroatoms. The summed E-state index contributed by atoms with van der Waals surface area (Å²) in [7, 11) is -1.81. The van der Waals surface area contributed by atoms with Gasteiger partial charge in [-0.2, -0.15) is 0 Å². The minimum absolute atomic E-state index is 0.0203. The Balaban J connectivity index is 1.94. The number of carbonyl (C=O) groups is 1. The van der Waals surface area contributed by atoms with Crippen LogP contribution in [0.1, 0.15) is 13.8 Å². The second-order valence-corrected chi connectivity index (χ2v) is 8.26. The third kappa shape index (κ3) is 5.09. The van der Waals surface area contributed by atoms with E-state index in [4.69, 9.17) is 4.74 Å². The van der Waals surface area contributed by atoms with Crippen molar-refractivity contribution in [1.82, 2.24) is 9.80 Å². The van der Waals surface area contributed by atoms with Gasteiger partial charge in [-0.05, 0) is 37.7 Å². The minimum atomic E-state index is -3.30. The highest BCUT2D eigenvalue weighted by Gasteiger charge is 2.25. The van der Waals surface area contributed by atoms with Crippen LogP contribution in [0.3, 0.4) is 0 Å². The quantitative estimate of drug-likeness (QED) is 0.749. The number of piperazine rings is 1. The maximum Gasteiger partial charge on any atom is 0.263 e. The van der Waals surface area contributed by atoms with Crippen LogP contribution in [0.15, 0.2) is 24.3 Å². The summed E-state index contributed by atoms with van der Waals surface area (Å²) < 4.78 is 30.0. The molecule has 0 aliphatic carbocycles. The van der Waals surface area contributed by atoms with Gasteiger partial charge in [0.1, 0.15) is 5.75 Å². The molecule has 1 atom stereocenters. The fourth-order valence-electron chi connectivity index (χ4n) is 2.72. The van der Waals surface area contributed by atoms with E-state index < -0.39 is 16.1 Å². The molecule has 2 rings (SSSR count). The SMILES string of the molecule is CCN1CCN(C(=O)[C@H](C)Oc2ccc(N(C)S(C)(=O)=O)cc2)CC1. The van der Waals surface area contributed by atoms with E-state index >= 15 is 0 Å². The number of carbonyl (C=O) groups excluding carboxylic acids is 1. The van der Waals surface area contributed by atoms with E-state index in [0.29, 0.717) is 11.4 Å². The predicted molar refractivity (Wildman–Crippen MR) is 98.5 cm³/mol. The smallest absolute Gasteiger partial charge is 0.263 e. The Morgan fingerprint density at radius 3 is 2.24 bits per heavy atom. The van der Waals surface area contributed by atoms with Gasteiger partial charge in [0.15, 0.2) is 6.10 Å². The lowest BCUT2D eigenvalue weighted by atomic mass is 10.2. The molecule has 1 aromatic rings. The van der Waals surface area contributed by atoms with Gasteiger partial charge in [0, 0.05) is 33.2 Å². The van der Waals surface area contributed by atoms with Crippen LogP contribution in [0, 0.1) is 0 Å². The molecule has 0 radical (unpaired) electrons. The summed E-state index contributed by atoms with van der Waals surface area (Å²) in [6, 6.07) is 6.67. The number of rotatable bonds is 6. The first kappa shape index (κ1) is 19.5. The molecule has 0 aromatic heterocycles. The average Bonchev–Trinajstić information content (AvgIpc) is 2.60. The van der Waals surface area contributed by atoms with Crippen molar-refractivity contribution in [1.29, 1.82) is 0 Å². The highest BCUT2D eigenvalue weighted by molar-refractivity contribution is 7.92. The van der Waals surface area contributed by atoms with Crippen molar-refractivity contribution in [2.24, 2.45) is 0 Å². The molecule has 1 aromatic carbocycles. The zero-order valence-electron chi connectivity index (χ0n) is 15.3. The highest BCUT2D eigenvalue weighted by atomic mass is 32.2. The molecule has 0 unspecified atom stereocenters. The van der Waals surface area contributed by atoms with Crippen molar-refractivity contribution in [3.63, 3.8) is 0 Å². The summed E-state index contributed by atoms with van der Waals surface area (Å²) in [6.45, 7) is 8.08. The number of nitrogens with zero attached hydrogens (tertiary/aromatic N) is 3. The van der Waals surface area contributed by atoms with Gasteiger partial charge in [-0.3, -0.25) is 9.10 Å². The number of benzene rings is 1. The number of anilines is 1. The summed E-state index contributed by atoms with van der Waals surface area (Å²) in [5.41, 5.74) is 0.546. The zero-order chi connectivity index (χ0) is 18.6. The van der Waals surface area contributed by atoms with E-state index in [1.807, 2.05) is 4.90 Å². The molecule has 1 aliphatic rings. The maximum atomic E-state index is 12.5. The van der Waals surface area contributed by atoms with Gasteiger partial charge in [0.25, 0.3) is 5.91 Å². The lowest BCUT2D eigenvalue weighted by molar-refractivity contribution is -0.139. The van der Waals surface area contributed by atoms with E-state index in [9.17, 15) is 13.2 Å². The van der Waals surface area contributed by atoms with Crippen LogP contribution >= 0.6 is 0 Å². The van der Waals surface area contributed by atoms with E-state index in [1.54, 1.807) is 31.2 Å². The van der Waals surface area contributed by atoms with E-state index in [-0.39, 0.29) is 5.91 Å². The van der Waals surface area contributed by atoms with E-state index in [0.717, 1.165) is 39.0 Å². The van der Waals surface area contributed by atoms with Gasteiger partial charge in [-0.1, -0.05) is 6.92 Å². The van der Waals surface area contributed by atoms with E-state index in [1.165, 1.54) is 11.4 Å². The molecule has 1 amide bonds. The fraction of sp³-hybridized carbons (Fsp3) is 0.588. The van der Waals surface area contributed by atoms with Crippen LogP contribution in [0.4, 0.5) is 5.69 Å². The minimum Gasteiger partial charge on any atom is -0.481 e. The highest BCUT2D eigenvalue weighted by Crippen LogP contribution is 2.21. The Labute approximate surface area is 150 Å². The first-order valence-corrected chi connectivity index (χ1v) is 10.3. The van der Waals surface area contributed by atoms with Gasteiger partial charge in [0.05, 0.1) is 11.9 Å². The predicted octanol–water partition coefficient (Wildman–Crippen LogP) is 1.01. The molecular formula is C17H27N3O4S. The van der Waals surface area contributed by atoms with Crippen LogP contribution in [0.25, 0.3) is 0 Å². The van der Waals surface area contributed by atoms with Gasteiger partial charge >= 0.3 is 0 Å². The number of hydrogen-bond acceptors (Lipinski definition) is 5. The number of amides is 1. The van der Waals surface area contributed by atoms with Crippen LogP contribution in [0.5, 0.6) is 5.75 Å². The molecule has 0 spiro atoms. The molecule has 0 N–H and O–H groups in total. The van der Waals surface area contributed by atoms with Crippen LogP contribution in [-0.4, -0.2) is 76.3 Å².